The van der Waals surface area contributed by atoms with Gasteiger partial charge in [-0.05, 0) is 48.1 Å². The minimum Gasteiger partial charge on any atom is -0.291 e. The fourth-order valence-corrected chi connectivity index (χ4v) is 4.36. The van der Waals surface area contributed by atoms with E-state index in [0.29, 0.717) is 6.54 Å². The van der Waals surface area contributed by atoms with Crippen molar-refractivity contribution >= 4 is 16.7 Å². The minimum atomic E-state index is -0.373. The number of unbranched alkanes of at least 4 members (excludes halogenated alkanes) is 7. The second kappa shape index (κ2) is 10.1. The van der Waals surface area contributed by atoms with Crippen molar-refractivity contribution in [2.45, 2.75) is 78.1 Å². The number of hydrazine groups is 1. The number of fused-ring (bicyclic) bond motifs is 1. The van der Waals surface area contributed by atoms with E-state index >= 15 is 0 Å². The summed E-state index contributed by atoms with van der Waals surface area (Å²) >= 11 is 0. The van der Waals surface area contributed by atoms with Crippen molar-refractivity contribution in [3.05, 3.63) is 47.5 Å². The molecule has 0 saturated carbocycles. The maximum Gasteiger partial charge on any atom is 0.241 e. The van der Waals surface area contributed by atoms with Crippen molar-refractivity contribution in [2.75, 3.05) is 6.54 Å². The summed E-state index contributed by atoms with van der Waals surface area (Å²) in [6.45, 7) is 5.00. The molecule has 0 aromatic heterocycles. The lowest BCUT2D eigenvalue weighted by Crippen LogP contribution is -2.32. The molecule has 1 aliphatic rings. The molecule has 1 unspecified atom stereocenters. The van der Waals surface area contributed by atoms with Crippen LogP contribution in [0.25, 0.3) is 10.8 Å². The van der Waals surface area contributed by atoms with E-state index in [9.17, 15) is 4.79 Å². The van der Waals surface area contributed by atoms with Crippen molar-refractivity contribution in [1.82, 2.24) is 10.9 Å². The molecule has 0 spiro atoms. The Bertz CT molecular complexity index is 785. The standard InChI is InChI=1S/C25H36N2O/c1-3-4-5-6-7-8-9-10-13-20-16-17-21(23-15-12-11-14-22(20)23)18-25(2)19-26-27-24(25)28/h11-12,14-17,26H,3-10,13,18-19H2,1-2H3,(H,27,28). The molecule has 2 aromatic rings. The minimum absolute atomic E-state index is 0.0968. The first-order chi connectivity index (χ1) is 13.6. The number of hydrogen-bond acceptors (Lipinski definition) is 2. The molecule has 1 atom stereocenters. The van der Waals surface area contributed by atoms with E-state index in [4.69, 9.17) is 0 Å². The molecule has 3 nitrogen and oxygen atoms in total. The molecule has 1 heterocycles. The van der Waals surface area contributed by atoms with Gasteiger partial charge in [-0.15, -0.1) is 0 Å². The van der Waals surface area contributed by atoms with Gasteiger partial charge in [0.1, 0.15) is 0 Å². The van der Waals surface area contributed by atoms with E-state index in [1.807, 2.05) is 6.92 Å². The number of benzene rings is 2. The average Bonchev–Trinajstić information content (AvgIpc) is 3.03. The van der Waals surface area contributed by atoms with Crippen LogP contribution in [0.5, 0.6) is 0 Å². The van der Waals surface area contributed by atoms with Gasteiger partial charge in [-0.3, -0.25) is 10.2 Å². The van der Waals surface area contributed by atoms with Crippen molar-refractivity contribution in [3.8, 4) is 0 Å². The largest absolute Gasteiger partial charge is 0.291 e. The first-order valence-corrected chi connectivity index (χ1v) is 11.2. The lowest BCUT2D eigenvalue weighted by molar-refractivity contribution is -0.126. The first kappa shape index (κ1) is 20.9. The maximum absolute atomic E-state index is 12.2. The molecule has 3 heteroatoms. The lowest BCUT2D eigenvalue weighted by atomic mass is 9.82. The molecule has 0 radical (unpaired) electrons. The molecule has 1 amide bonds. The third-order valence-electron chi connectivity index (χ3n) is 6.21. The summed E-state index contributed by atoms with van der Waals surface area (Å²) < 4.78 is 0. The van der Waals surface area contributed by atoms with Gasteiger partial charge in [0.05, 0.1) is 5.41 Å². The Kier molecular flexibility index (Phi) is 7.50. The smallest absolute Gasteiger partial charge is 0.241 e. The Hall–Kier alpha value is -1.87. The van der Waals surface area contributed by atoms with Gasteiger partial charge >= 0.3 is 0 Å². The molecular formula is C25H36N2O. The topological polar surface area (TPSA) is 41.1 Å². The molecule has 3 rings (SSSR count). The van der Waals surface area contributed by atoms with E-state index in [1.165, 1.54) is 73.3 Å². The molecule has 2 aromatic carbocycles. The van der Waals surface area contributed by atoms with Crippen LogP contribution >= 0.6 is 0 Å². The summed E-state index contributed by atoms with van der Waals surface area (Å²) in [4.78, 5) is 12.2. The van der Waals surface area contributed by atoms with Crippen LogP contribution in [-0.4, -0.2) is 12.5 Å². The molecule has 1 aliphatic heterocycles. The van der Waals surface area contributed by atoms with E-state index < -0.39 is 0 Å². The van der Waals surface area contributed by atoms with Gasteiger partial charge in [-0.2, -0.15) is 0 Å². The summed E-state index contributed by atoms with van der Waals surface area (Å²) in [7, 11) is 0. The zero-order chi connectivity index (χ0) is 19.8. The summed E-state index contributed by atoms with van der Waals surface area (Å²) in [5, 5.41) is 2.67. The highest BCUT2D eigenvalue weighted by atomic mass is 16.2. The van der Waals surface area contributed by atoms with Crippen LogP contribution < -0.4 is 10.9 Å². The average molecular weight is 381 g/mol. The molecule has 2 N–H and O–H groups in total. The van der Waals surface area contributed by atoms with Gasteiger partial charge in [0, 0.05) is 6.54 Å². The number of carbonyl (C=O) groups excluding carboxylic acids is 1. The van der Waals surface area contributed by atoms with Gasteiger partial charge in [0.2, 0.25) is 5.91 Å². The van der Waals surface area contributed by atoms with Gasteiger partial charge in [-0.25, -0.2) is 5.43 Å². The Labute approximate surface area is 170 Å². The highest BCUT2D eigenvalue weighted by Crippen LogP contribution is 2.31. The summed E-state index contributed by atoms with van der Waals surface area (Å²) in [5.74, 6) is 0.0968. The molecule has 0 bridgehead atoms. The molecule has 1 saturated heterocycles. The number of nitrogens with one attached hydrogen (secondary N) is 2. The highest BCUT2D eigenvalue weighted by molar-refractivity contribution is 5.90. The van der Waals surface area contributed by atoms with Crippen molar-refractivity contribution in [1.29, 1.82) is 0 Å². The van der Waals surface area contributed by atoms with Crippen molar-refractivity contribution < 1.29 is 4.79 Å². The fourth-order valence-electron chi connectivity index (χ4n) is 4.36. The number of amides is 1. The summed E-state index contributed by atoms with van der Waals surface area (Å²) in [6, 6.07) is 13.2. The molecule has 0 aliphatic carbocycles. The van der Waals surface area contributed by atoms with E-state index in [-0.39, 0.29) is 11.3 Å². The second-order valence-corrected chi connectivity index (χ2v) is 8.70. The number of carbonyl (C=O) groups is 1. The quantitative estimate of drug-likeness (QED) is 0.491. The number of rotatable bonds is 11. The number of aryl methyl sites for hydroxylation is 1. The van der Waals surface area contributed by atoms with E-state index in [0.717, 1.165) is 12.8 Å². The summed E-state index contributed by atoms with van der Waals surface area (Å²) in [6.07, 6.45) is 12.8. The molecule has 152 valence electrons. The normalized spacial score (nSPS) is 19.3. The number of hydrogen-bond donors (Lipinski definition) is 2. The van der Waals surface area contributed by atoms with Crippen LogP contribution in [0.15, 0.2) is 36.4 Å². The van der Waals surface area contributed by atoms with Gasteiger partial charge in [0.25, 0.3) is 0 Å². The Morgan fingerprint density at radius 3 is 2.11 bits per heavy atom. The Morgan fingerprint density at radius 1 is 0.857 bits per heavy atom. The van der Waals surface area contributed by atoms with Gasteiger partial charge < -0.3 is 0 Å². The van der Waals surface area contributed by atoms with Crippen molar-refractivity contribution in [2.24, 2.45) is 5.41 Å². The monoisotopic (exact) mass is 380 g/mol. The second-order valence-electron chi connectivity index (χ2n) is 8.70. The predicted molar refractivity (Wildman–Crippen MR) is 118 cm³/mol. The van der Waals surface area contributed by atoms with Gasteiger partial charge in [0.15, 0.2) is 0 Å². The van der Waals surface area contributed by atoms with Crippen LogP contribution in [0.2, 0.25) is 0 Å². The highest BCUT2D eigenvalue weighted by Gasteiger charge is 2.38. The van der Waals surface area contributed by atoms with Crippen LogP contribution in [0.3, 0.4) is 0 Å². The lowest BCUT2D eigenvalue weighted by Gasteiger charge is -2.21. The van der Waals surface area contributed by atoms with Crippen molar-refractivity contribution in [3.63, 3.8) is 0 Å². The van der Waals surface area contributed by atoms with E-state index in [2.05, 4.69) is 54.2 Å². The Balaban J connectivity index is 1.61. The van der Waals surface area contributed by atoms with Crippen LogP contribution in [0, 0.1) is 5.41 Å². The first-order valence-electron chi connectivity index (χ1n) is 11.2. The SMILES string of the molecule is CCCCCCCCCCc1ccc(CC2(C)CNNC2=O)c2ccccc12. The van der Waals surface area contributed by atoms with Gasteiger partial charge in [-0.1, -0.05) is 88.3 Å². The fraction of sp³-hybridized carbons (Fsp3) is 0.560. The zero-order valence-electron chi connectivity index (χ0n) is 17.7. The summed E-state index contributed by atoms with van der Waals surface area (Å²) in [5.41, 5.74) is 8.11. The third-order valence-corrected chi connectivity index (χ3v) is 6.21. The molecular weight excluding hydrogens is 344 g/mol. The predicted octanol–water partition coefficient (Wildman–Crippen LogP) is 5.71. The third kappa shape index (κ3) is 5.14. The Morgan fingerprint density at radius 2 is 1.46 bits per heavy atom. The van der Waals surface area contributed by atoms with Crippen LogP contribution in [0.1, 0.15) is 76.3 Å². The van der Waals surface area contributed by atoms with Crippen LogP contribution in [-0.2, 0) is 17.6 Å². The molecule has 1 fully saturated rings. The molecule has 28 heavy (non-hydrogen) atoms. The zero-order valence-corrected chi connectivity index (χ0v) is 17.7. The van der Waals surface area contributed by atoms with Crippen LogP contribution in [0.4, 0.5) is 0 Å². The maximum atomic E-state index is 12.2. The van der Waals surface area contributed by atoms with E-state index in [1.54, 1.807) is 0 Å².